The second-order valence-corrected chi connectivity index (χ2v) is 5.37. The lowest BCUT2D eigenvalue weighted by atomic mass is 9.88. The summed E-state index contributed by atoms with van der Waals surface area (Å²) >= 11 is 0. The van der Waals surface area contributed by atoms with Gasteiger partial charge in [0.25, 0.3) is 0 Å². The number of hydrogen-bond donors (Lipinski definition) is 1. The van der Waals surface area contributed by atoms with Crippen molar-refractivity contribution >= 4 is 0 Å². The summed E-state index contributed by atoms with van der Waals surface area (Å²) in [6.07, 6.45) is 4.09. The van der Waals surface area contributed by atoms with Gasteiger partial charge >= 0.3 is 0 Å². The molecule has 0 saturated carbocycles. The molecular formula is C12H27N. The van der Waals surface area contributed by atoms with Crippen LogP contribution in [0.15, 0.2) is 0 Å². The molecule has 1 unspecified atom stereocenters. The first-order valence-electron chi connectivity index (χ1n) is 5.66. The molecule has 0 aliphatic heterocycles. The van der Waals surface area contributed by atoms with Crippen LogP contribution in [0.3, 0.4) is 0 Å². The van der Waals surface area contributed by atoms with Crippen molar-refractivity contribution < 1.29 is 0 Å². The molecule has 0 aromatic carbocycles. The van der Waals surface area contributed by atoms with Crippen LogP contribution in [-0.2, 0) is 0 Å². The summed E-state index contributed by atoms with van der Waals surface area (Å²) in [7, 11) is 0. The van der Waals surface area contributed by atoms with Crippen LogP contribution in [0.1, 0.15) is 53.9 Å². The van der Waals surface area contributed by atoms with Gasteiger partial charge in [-0.2, -0.15) is 0 Å². The molecule has 0 rings (SSSR count). The molecule has 0 fully saturated rings. The van der Waals surface area contributed by atoms with E-state index in [2.05, 4.69) is 39.9 Å². The first kappa shape index (κ1) is 13.0. The number of rotatable bonds is 6. The average Bonchev–Trinajstić information content (AvgIpc) is 1.98. The number of hydrogen-bond acceptors (Lipinski definition) is 1. The SMILES string of the molecule is CCNCC(C)CCCC(C)(C)C. The van der Waals surface area contributed by atoms with Gasteiger partial charge in [0.1, 0.15) is 0 Å². The monoisotopic (exact) mass is 185 g/mol. The van der Waals surface area contributed by atoms with Crippen molar-refractivity contribution in [2.75, 3.05) is 13.1 Å². The molecule has 0 radical (unpaired) electrons. The Bertz CT molecular complexity index is 113. The van der Waals surface area contributed by atoms with Crippen molar-refractivity contribution in [3.8, 4) is 0 Å². The highest BCUT2D eigenvalue weighted by molar-refractivity contribution is 4.63. The summed E-state index contributed by atoms with van der Waals surface area (Å²) in [5, 5.41) is 3.40. The molecule has 0 spiro atoms. The Labute approximate surface area is 84.3 Å². The first-order valence-corrected chi connectivity index (χ1v) is 5.66. The lowest BCUT2D eigenvalue weighted by Crippen LogP contribution is -2.20. The largest absolute Gasteiger partial charge is 0.317 e. The molecule has 0 bridgehead atoms. The molecule has 0 aliphatic carbocycles. The maximum Gasteiger partial charge on any atom is -0.00233 e. The summed E-state index contributed by atoms with van der Waals surface area (Å²) in [5.74, 6) is 0.835. The summed E-state index contributed by atoms with van der Waals surface area (Å²) < 4.78 is 0. The molecular weight excluding hydrogens is 158 g/mol. The van der Waals surface area contributed by atoms with Gasteiger partial charge in [-0.05, 0) is 37.3 Å². The zero-order chi connectivity index (χ0) is 10.3. The van der Waals surface area contributed by atoms with E-state index < -0.39 is 0 Å². The zero-order valence-electron chi connectivity index (χ0n) is 10.1. The van der Waals surface area contributed by atoms with Gasteiger partial charge in [0.05, 0.1) is 0 Å². The van der Waals surface area contributed by atoms with Gasteiger partial charge in [0.2, 0.25) is 0 Å². The van der Waals surface area contributed by atoms with E-state index in [9.17, 15) is 0 Å². The third kappa shape index (κ3) is 9.88. The van der Waals surface area contributed by atoms with Crippen LogP contribution < -0.4 is 5.32 Å². The van der Waals surface area contributed by atoms with Crippen LogP contribution in [0.25, 0.3) is 0 Å². The van der Waals surface area contributed by atoms with E-state index in [1.807, 2.05) is 0 Å². The zero-order valence-corrected chi connectivity index (χ0v) is 10.1. The second-order valence-electron chi connectivity index (χ2n) is 5.37. The van der Waals surface area contributed by atoms with Crippen LogP contribution in [-0.4, -0.2) is 13.1 Å². The Kier molecular flexibility index (Phi) is 6.40. The maximum absolute atomic E-state index is 3.40. The third-order valence-corrected chi connectivity index (χ3v) is 2.37. The molecule has 1 N–H and O–H groups in total. The standard InChI is InChI=1S/C12H27N/c1-6-13-10-11(2)8-7-9-12(3,4)5/h11,13H,6-10H2,1-5H3. The highest BCUT2D eigenvalue weighted by Crippen LogP contribution is 2.22. The summed E-state index contributed by atoms with van der Waals surface area (Å²) in [5.41, 5.74) is 0.512. The molecule has 1 atom stereocenters. The minimum atomic E-state index is 0.512. The van der Waals surface area contributed by atoms with Gasteiger partial charge in [-0.3, -0.25) is 0 Å². The minimum Gasteiger partial charge on any atom is -0.317 e. The minimum absolute atomic E-state index is 0.512. The highest BCUT2D eigenvalue weighted by Gasteiger charge is 2.10. The van der Waals surface area contributed by atoms with Gasteiger partial charge in [0.15, 0.2) is 0 Å². The van der Waals surface area contributed by atoms with Crippen LogP contribution in [0, 0.1) is 11.3 Å². The van der Waals surface area contributed by atoms with Crippen LogP contribution in [0.5, 0.6) is 0 Å². The topological polar surface area (TPSA) is 12.0 Å². The van der Waals surface area contributed by atoms with Gasteiger partial charge in [-0.1, -0.05) is 41.0 Å². The fourth-order valence-electron chi connectivity index (χ4n) is 1.47. The molecule has 0 amide bonds. The third-order valence-electron chi connectivity index (χ3n) is 2.37. The van der Waals surface area contributed by atoms with Crippen LogP contribution in [0.2, 0.25) is 0 Å². The quantitative estimate of drug-likeness (QED) is 0.668. The number of nitrogens with one attached hydrogen (secondary N) is 1. The van der Waals surface area contributed by atoms with Gasteiger partial charge in [-0.25, -0.2) is 0 Å². The molecule has 0 saturated heterocycles. The molecule has 0 heterocycles. The Morgan fingerprint density at radius 3 is 2.31 bits per heavy atom. The maximum atomic E-state index is 3.40. The summed E-state index contributed by atoms with van der Waals surface area (Å²) in [6, 6.07) is 0. The molecule has 1 heteroatoms. The predicted octanol–water partition coefficient (Wildman–Crippen LogP) is 3.45. The molecule has 0 aromatic rings. The van der Waals surface area contributed by atoms with Crippen LogP contribution in [0.4, 0.5) is 0 Å². The Hall–Kier alpha value is -0.0400. The Balaban J connectivity index is 3.31. The van der Waals surface area contributed by atoms with Crippen molar-refractivity contribution in [1.29, 1.82) is 0 Å². The predicted molar refractivity (Wildman–Crippen MR) is 61.0 cm³/mol. The fraction of sp³-hybridized carbons (Fsp3) is 1.00. The lowest BCUT2D eigenvalue weighted by Gasteiger charge is -2.19. The Morgan fingerprint density at radius 1 is 1.23 bits per heavy atom. The van der Waals surface area contributed by atoms with E-state index in [0.29, 0.717) is 5.41 Å². The average molecular weight is 185 g/mol. The Morgan fingerprint density at radius 2 is 1.85 bits per heavy atom. The van der Waals surface area contributed by atoms with Crippen molar-refractivity contribution in [3.05, 3.63) is 0 Å². The smallest absolute Gasteiger partial charge is 0.00233 e. The fourth-order valence-corrected chi connectivity index (χ4v) is 1.47. The van der Waals surface area contributed by atoms with E-state index in [1.54, 1.807) is 0 Å². The van der Waals surface area contributed by atoms with Crippen LogP contribution >= 0.6 is 0 Å². The second kappa shape index (κ2) is 6.42. The molecule has 80 valence electrons. The first-order chi connectivity index (χ1) is 5.95. The van der Waals surface area contributed by atoms with Gasteiger partial charge in [-0.15, -0.1) is 0 Å². The normalized spacial score (nSPS) is 14.5. The van der Waals surface area contributed by atoms with Crippen molar-refractivity contribution in [2.45, 2.75) is 53.9 Å². The molecule has 1 nitrogen and oxygen atoms in total. The van der Waals surface area contributed by atoms with Gasteiger partial charge in [0, 0.05) is 0 Å². The van der Waals surface area contributed by atoms with Gasteiger partial charge < -0.3 is 5.32 Å². The summed E-state index contributed by atoms with van der Waals surface area (Å²) in [4.78, 5) is 0. The lowest BCUT2D eigenvalue weighted by molar-refractivity contribution is 0.340. The molecule has 0 aromatic heterocycles. The van der Waals surface area contributed by atoms with E-state index in [0.717, 1.165) is 12.5 Å². The molecule has 13 heavy (non-hydrogen) atoms. The van der Waals surface area contributed by atoms with E-state index in [-0.39, 0.29) is 0 Å². The van der Waals surface area contributed by atoms with Crippen molar-refractivity contribution in [1.82, 2.24) is 5.32 Å². The molecule has 0 aliphatic rings. The van der Waals surface area contributed by atoms with Crippen molar-refractivity contribution in [3.63, 3.8) is 0 Å². The van der Waals surface area contributed by atoms with E-state index in [1.165, 1.54) is 25.8 Å². The highest BCUT2D eigenvalue weighted by atomic mass is 14.8. The van der Waals surface area contributed by atoms with E-state index in [4.69, 9.17) is 0 Å². The summed E-state index contributed by atoms with van der Waals surface area (Å²) in [6.45, 7) is 13.8. The van der Waals surface area contributed by atoms with E-state index >= 15 is 0 Å². The van der Waals surface area contributed by atoms with Crippen molar-refractivity contribution in [2.24, 2.45) is 11.3 Å².